The van der Waals surface area contributed by atoms with Gasteiger partial charge in [0.25, 0.3) is 0 Å². The van der Waals surface area contributed by atoms with E-state index in [1.807, 2.05) is 13.0 Å². The molecule has 0 saturated heterocycles. The van der Waals surface area contributed by atoms with Crippen molar-refractivity contribution in [2.24, 2.45) is 28.6 Å². The summed E-state index contributed by atoms with van der Waals surface area (Å²) < 4.78 is 0. The third-order valence-corrected chi connectivity index (χ3v) is 7.97. The Balaban J connectivity index is 1.79. The van der Waals surface area contributed by atoms with Gasteiger partial charge in [-0.3, -0.25) is 4.79 Å². The molecule has 0 heterocycles. The number of carbonyl (C=O) groups excluding carboxylic acids is 1. The molecule has 0 spiro atoms. The molecule has 0 aromatic heterocycles. The van der Waals surface area contributed by atoms with Gasteiger partial charge in [-0.05, 0) is 67.6 Å². The molecule has 0 aliphatic heterocycles. The smallest absolute Gasteiger partial charge is 0.181 e. The van der Waals surface area contributed by atoms with Crippen molar-refractivity contribution in [2.75, 3.05) is 0 Å². The predicted molar refractivity (Wildman–Crippen MR) is 96.3 cm³/mol. The highest BCUT2D eigenvalue weighted by atomic mass is 16.3. The summed E-state index contributed by atoms with van der Waals surface area (Å²) in [6, 6.07) is 0. The number of ketones is 1. The second kappa shape index (κ2) is 4.60. The lowest BCUT2D eigenvalue weighted by molar-refractivity contribution is -0.114. The highest BCUT2D eigenvalue weighted by Gasteiger charge is 2.61. The van der Waals surface area contributed by atoms with Gasteiger partial charge in [0.15, 0.2) is 5.78 Å². The van der Waals surface area contributed by atoms with Crippen LogP contribution in [0.25, 0.3) is 0 Å². The number of aliphatic hydroxyl groups is 1. The SMILES string of the molecule is C=C1C[C@@]2(C)C(=CC1=O)C(=C)C[C@@H]1[C@@H]2CC[C@@]2(C)[C@H]1C=C[C@]2(C)O. The molecule has 2 fully saturated rings. The molecule has 2 heteroatoms. The standard InChI is InChI=1S/C22H28O2/c1-13-10-15-16(20(3)12-14(2)19(23)11-18(13)20)6-8-21(4)17(15)7-9-22(21,5)24/h7,9,11,15-17,24H,1-2,6,8,10,12H2,3-5H3/t15-,16+,17+,20-,21+,22+/m1/s1. The zero-order valence-electron chi connectivity index (χ0n) is 15.1. The first-order valence-corrected chi connectivity index (χ1v) is 9.14. The van der Waals surface area contributed by atoms with Crippen LogP contribution in [0, 0.1) is 28.6 Å². The van der Waals surface area contributed by atoms with Crippen molar-refractivity contribution in [3.05, 3.63) is 48.1 Å². The second-order valence-electron chi connectivity index (χ2n) is 9.19. The fourth-order valence-electron chi connectivity index (χ4n) is 6.30. The average Bonchev–Trinajstić information content (AvgIpc) is 2.73. The van der Waals surface area contributed by atoms with Gasteiger partial charge < -0.3 is 5.11 Å². The molecule has 0 aromatic carbocycles. The molecule has 2 saturated carbocycles. The van der Waals surface area contributed by atoms with Gasteiger partial charge in [0, 0.05) is 10.8 Å². The lowest BCUT2D eigenvalue weighted by atomic mass is 9.45. The Morgan fingerprint density at radius 1 is 1.21 bits per heavy atom. The van der Waals surface area contributed by atoms with Gasteiger partial charge in [0.1, 0.15) is 0 Å². The van der Waals surface area contributed by atoms with Crippen LogP contribution in [0.5, 0.6) is 0 Å². The van der Waals surface area contributed by atoms with Gasteiger partial charge in [0.05, 0.1) is 5.60 Å². The molecule has 4 rings (SSSR count). The monoisotopic (exact) mass is 324 g/mol. The molecular weight excluding hydrogens is 296 g/mol. The largest absolute Gasteiger partial charge is 0.385 e. The van der Waals surface area contributed by atoms with E-state index in [1.165, 1.54) is 5.57 Å². The van der Waals surface area contributed by atoms with E-state index in [4.69, 9.17) is 0 Å². The van der Waals surface area contributed by atoms with Crippen molar-refractivity contribution in [1.29, 1.82) is 0 Å². The summed E-state index contributed by atoms with van der Waals surface area (Å²) >= 11 is 0. The van der Waals surface area contributed by atoms with Gasteiger partial charge in [-0.15, -0.1) is 0 Å². The maximum Gasteiger partial charge on any atom is 0.181 e. The van der Waals surface area contributed by atoms with Crippen molar-refractivity contribution in [1.82, 2.24) is 0 Å². The molecule has 24 heavy (non-hydrogen) atoms. The van der Waals surface area contributed by atoms with Crippen molar-refractivity contribution in [3.8, 4) is 0 Å². The lowest BCUT2D eigenvalue weighted by Crippen LogP contribution is -2.54. The van der Waals surface area contributed by atoms with E-state index in [0.717, 1.165) is 36.8 Å². The van der Waals surface area contributed by atoms with Crippen LogP contribution in [0.4, 0.5) is 0 Å². The summed E-state index contributed by atoms with van der Waals surface area (Å²) in [7, 11) is 0. The maximum atomic E-state index is 12.2. The molecule has 1 N–H and O–H groups in total. The first-order valence-electron chi connectivity index (χ1n) is 9.14. The van der Waals surface area contributed by atoms with E-state index < -0.39 is 5.60 Å². The number of allylic oxidation sites excluding steroid dienone is 5. The number of fused-ring (bicyclic) bond motifs is 5. The van der Waals surface area contributed by atoms with Crippen molar-refractivity contribution in [3.63, 3.8) is 0 Å². The third kappa shape index (κ3) is 1.78. The van der Waals surface area contributed by atoms with Crippen LogP contribution in [0.3, 0.4) is 0 Å². The molecular formula is C22H28O2. The van der Waals surface area contributed by atoms with E-state index in [1.54, 1.807) is 6.08 Å². The van der Waals surface area contributed by atoms with E-state index >= 15 is 0 Å². The Kier molecular flexibility index (Phi) is 3.08. The fourth-order valence-corrected chi connectivity index (χ4v) is 6.30. The van der Waals surface area contributed by atoms with Gasteiger partial charge in [-0.2, -0.15) is 0 Å². The molecule has 4 aliphatic rings. The number of hydrogen-bond acceptors (Lipinski definition) is 2. The molecule has 6 atom stereocenters. The summed E-state index contributed by atoms with van der Waals surface area (Å²) in [5.41, 5.74) is 2.16. The van der Waals surface area contributed by atoms with Crippen LogP contribution in [0.2, 0.25) is 0 Å². The van der Waals surface area contributed by atoms with Gasteiger partial charge >= 0.3 is 0 Å². The van der Waals surface area contributed by atoms with E-state index in [9.17, 15) is 9.90 Å². The summed E-state index contributed by atoms with van der Waals surface area (Å²) in [6.07, 6.45) is 9.88. The Morgan fingerprint density at radius 2 is 1.92 bits per heavy atom. The van der Waals surface area contributed by atoms with Crippen molar-refractivity contribution >= 4 is 5.78 Å². The summed E-state index contributed by atoms with van der Waals surface area (Å²) in [4.78, 5) is 12.2. The molecule has 0 aromatic rings. The van der Waals surface area contributed by atoms with E-state index in [-0.39, 0.29) is 16.6 Å². The van der Waals surface area contributed by atoms with Crippen LogP contribution in [-0.4, -0.2) is 16.5 Å². The molecule has 0 radical (unpaired) electrons. The third-order valence-electron chi connectivity index (χ3n) is 7.97. The van der Waals surface area contributed by atoms with E-state index in [0.29, 0.717) is 17.8 Å². The van der Waals surface area contributed by atoms with Gasteiger partial charge in [0.2, 0.25) is 0 Å². The minimum Gasteiger partial charge on any atom is -0.385 e. The molecule has 0 amide bonds. The fraction of sp³-hybridized carbons (Fsp3) is 0.591. The molecule has 2 nitrogen and oxygen atoms in total. The van der Waals surface area contributed by atoms with Crippen molar-refractivity contribution in [2.45, 2.75) is 52.1 Å². The minimum absolute atomic E-state index is 0.0331. The van der Waals surface area contributed by atoms with Crippen LogP contribution in [-0.2, 0) is 4.79 Å². The summed E-state index contributed by atoms with van der Waals surface area (Å²) in [5, 5.41) is 10.9. The normalized spacial score (nSPS) is 50.2. The predicted octanol–water partition coefficient (Wildman–Crippen LogP) is 4.38. The molecule has 0 unspecified atom stereocenters. The second-order valence-corrected chi connectivity index (χ2v) is 9.19. The lowest BCUT2D eigenvalue weighted by Gasteiger charge is -2.59. The van der Waals surface area contributed by atoms with Gasteiger partial charge in [-0.1, -0.05) is 44.7 Å². The van der Waals surface area contributed by atoms with Crippen LogP contribution >= 0.6 is 0 Å². The maximum absolute atomic E-state index is 12.2. The average molecular weight is 324 g/mol. The highest BCUT2D eigenvalue weighted by molar-refractivity contribution is 6.05. The molecule has 0 bridgehead atoms. The Morgan fingerprint density at radius 3 is 2.62 bits per heavy atom. The Hall–Kier alpha value is -1.41. The summed E-state index contributed by atoms with van der Waals surface area (Å²) in [6.45, 7) is 14.9. The van der Waals surface area contributed by atoms with Crippen LogP contribution in [0.15, 0.2) is 48.1 Å². The number of hydrogen-bond donors (Lipinski definition) is 1. The van der Waals surface area contributed by atoms with E-state index in [2.05, 4.69) is 33.1 Å². The zero-order valence-corrected chi connectivity index (χ0v) is 15.1. The molecule has 128 valence electrons. The zero-order chi connectivity index (χ0) is 17.5. The topological polar surface area (TPSA) is 37.3 Å². The summed E-state index contributed by atoms with van der Waals surface area (Å²) in [5.74, 6) is 1.47. The number of carbonyl (C=O) groups is 1. The van der Waals surface area contributed by atoms with Crippen molar-refractivity contribution < 1.29 is 9.90 Å². The quantitative estimate of drug-likeness (QED) is 0.530. The first-order chi connectivity index (χ1) is 11.1. The first kappa shape index (κ1) is 16.1. The number of rotatable bonds is 0. The Labute approximate surface area is 145 Å². The minimum atomic E-state index is -0.729. The molecule has 4 aliphatic carbocycles. The van der Waals surface area contributed by atoms with Crippen LogP contribution in [0.1, 0.15) is 46.5 Å². The van der Waals surface area contributed by atoms with Gasteiger partial charge in [-0.25, -0.2) is 0 Å². The Bertz CT molecular complexity index is 722. The highest BCUT2D eigenvalue weighted by Crippen LogP contribution is 2.66. The van der Waals surface area contributed by atoms with Crippen LogP contribution < -0.4 is 0 Å².